The minimum absolute atomic E-state index is 0.0841. The third kappa shape index (κ3) is 2.91. The minimum atomic E-state index is -0.298. The van der Waals surface area contributed by atoms with Gasteiger partial charge in [-0.1, -0.05) is 19.4 Å². The van der Waals surface area contributed by atoms with Crippen molar-refractivity contribution in [3.05, 3.63) is 53.0 Å². The molecule has 0 fully saturated rings. The Kier molecular flexibility index (Phi) is 4.66. The maximum atomic E-state index is 12.6. The molecule has 0 saturated carbocycles. The Morgan fingerprint density at radius 2 is 2.12 bits per heavy atom. The summed E-state index contributed by atoms with van der Waals surface area (Å²) in [6, 6.07) is 11.3. The predicted molar refractivity (Wildman–Crippen MR) is 93.9 cm³/mol. The van der Waals surface area contributed by atoms with Gasteiger partial charge >= 0.3 is 12.7 Å². The Morgan fingerprint density at radius 3 is 2.92 bits per heavy atom. The molecule has 2 aromatic heterocycles. The summed E-state index contributed by atoms with van der Waals surface area (Å²) in [5.74, 6) is 0.346. The normalized spacial score (nSPS) is 10.7. The Hall–Kier alpha value is -3.00. The van der Waals surface area contributed by atoms with Crippen LogP contribution in [0.5, 0.6) is 5.75 Å². The Labute approximate surface area is 140 Å². The van der Waals surface area contributed by atoms with Gasteiger partial charge in [-0.25, -0.2) is 4.79 Å². The van der Waals surface area contributed by atoms with Gasteiger partial charge in [0.15, 0.2) is 0 Å². The number of unbranched alkanes of at least 4 members (excludes halogenated alkanes) is 1. The number of rotatable bonds is 6. The summed E-state index contributed by atoms with van der Waals surface area (Å²) in [6.07, 6.45) is 3.76. The molecule has 0 saturated heterocycles. The number of ether oxygens (including phenoxy) is 2. The molecule has 5 nitrogen and oxygen atoms in total. The second-order valence-electron chi connectivity index (χ2n) is 5.46. The van der Waals surface area contributed by atoms with E-state index in [1.165, 1.54) is 0 Å². The molecule has 0 atom stereocenters. The van der Waals surface area contributed by atoms with Gasteiger partial charge in [0.1, 0.15) is 5.75 Å². The molecule has 0 amide bonds. The Morgan fingerprint density at radius 1 is 1.25 bits per heavy atom. The fraction of sp³-hybridized carbons (Fsp3) is 0.263. The maximum Gasteiger partial charge on any atom is 0.404 e. The highest BCUT2D eigenvalue weighted by molar-refractivity contribution is 6.11. The summed E-state index contributed by atoms with van der Waals surface area (Å²) in [5, 5.41) is 0.833. The van der Waals surface area contributed by atoms with E-state index in [4.69, 9.17) is 16.0 Å². The van der Waals surface area contributed by atoms with Gasteiger partial charge in [-0.15, -0.1) is 0 Å². The van der Waals surface area contributed by atoms with Crippen molar-refractivity contribution in [2.45, 2.75) is 19.8 Å². The minimum Gasteiger partial charge on any atom is -0.462 e. The van der Waals surface area contributed by atoms with E-state index >= 15 is 0 Å². The molecule has 24 heavy (non-hydrogen) atoms. The number of hydrogen-bond acceptors (Lipinski definition) is 3. The van der Waals surface area contributed by atoms with Gasteiger partial charge in [0.25, 0.3) is 6.57 Å². The molecule has 122 valence electrons. The van der Waals surface area contributed by atoms with E-state index in [2.05, 4.69) is 11.8 Å². The summed E-state index contributed by atoms with van der Waals surface area (Å²) in [7, 11) is 0. The van der Waals surface area contributed by atoms with Crippen LogP contribution in [0.2, 0.25) is 0 Å². The molecule has 0 aliphatic heterocycles. The van der Waals surface area contributed by atoms with E-state index in [9.17, 15) is 4.79 Å². The fourth-order valence-electron chi connectivity index (χ4n) is 2.71. The third-order valence-electron chi connectivity index (χ3n) is 3.86. The number of carbonyl (C=O) groups excluding carboxylic acids is 1. The molecule has 0 radical (unpaired) electrons. The van der Waals surface area contributed by atoms with E-state index in [-0.39, 0.29) is 12.7 Å². The zero-order valence-electron chi connectivity index (χ0n) is 13.6. The molecule has 0 bridgehead atoms. The zero-order chi connectivity index (χ0) is 16.9. The van der Waals surface area contributed by atoms with Crippen LogP contribution in [0.25, 0.3) is 21.3 Å². The number of carbonyl (C=O) groups is 1. The van der Waals surface area contributed by atoms with Gasteiger partial charge < -0.3 is 13.9 Å². The third-order valence-corrected chi connectivity index (χ3v) is 3.86. The quantitative estimate of drug-likeness (QED) is 0.500. The van der Waals surface area contributed by atoms with Gasteiger partial charge in [-0.05, 0) is 35.5 Å². The summed E-state index contributed by atoms with van der Waals surface area (Å²) in [6.45, 7) is 7.69. The van der Waals surface area contributed by atoms with Crippen LogP contribution in [-0.4, -0.2) is 23.7 Å². The summed E-state index contributed by atoms with van der Waals surface area (Å²) < 4.78 is 12.8. The van der Waals surface area contributed by atoms with Crippen LogP contribution in [0.3, 0.4) is 0 Å². The van der Waals surface area contributed by atoms with E-state index in [0.717, 1.165) is 29.3 Å². The molecular weight excluding hydrogens is 304 g/mol. The standard InChI is InChI=1S/C19H19N2O3/c1-3-4-11-23-19(22)18-15-9-8-14(24-13-20-2)12-17(15)21-10-6-5-7-16(18)21/h2,5-10,12H,3-4,11,13H2,1H3/q+1. The van der Waals surface area contributed by atoms with Gasteiger partial charge in [0, 0.05) is 17.6 Å². The van der Waals surface area contributed by atoms with Crippen LogP contribution >= 0.6 is 0 Å². The van der Waals surface area contributed by atoms with Crippen molar-refractivity contribution >= 4 is 22.4 Å². The largest absolute Gasteiger partial charge is 0.462 e. The van der Waals surface area contributed by atoms with Crippen molar-refractivity contribution < 1.29 is 14.3 Å². The molecule has 1 aromatic carbocycles. The molecule has 0 aliphatic carbocycles. The van der Waals surface area contributed by atoms with Crippen LogP contribution < -0.4 is 4.74 Å². The lowest BCUT2D eigenvalue weighted by atomic mass is 10.1. The highest BCUT2D eigenvalue weighted by Gasteiger charge is 2.19. The average Bonchev–Trinajstić information content (AvgIpc) is 2.94. The summed E-state index contributed by atoms with van der Waals surface area (Å²) in [4.78, 5) is 16.0. The van der Waals surface area contributed by atoms with Gasteiger partial charge in [-0.2, -0.15) is 0 Å². The van der Waals surface area contributed by atoms with Gasteiger partial charge in [0.2, 0.25) is 0 Å². The Bertz CT molecular complexity index is 921. The van der Waals surface area contributed by atoms with Crippen LogP contribution in [0.15, 0.2) is 42.6 Å². The van der Waals surface area contributed by atoms with Crippen molar-refractivity contribution in [2.75, 3.05) is 13.3 Å². The van der Waals surface area contributed by atoms with Crippen molar-refractivity contribution in [1.29, 1.82) is 0 Å². The van der Waals surface area contributed by atoms with E-state index in [1.807, 2.05) is 40.9 Å². The lowest BCUT2D eigenvalue weighted by Gasteiger charge is -2.03. The first-order chi connectivity index (χ1) is 11.8. The topological polar surface area (TPSA) is 44.3 Å². The number of benzene rings is 1. The van der Waals surface area contributed by atoms with Gasteiger partial charge in [-0.3, -0.25) is 0 Å². The fourth-order valence-corrected chi connectivity index (χ4v) is 2.71. The lowest BCUT2D eigenvalue weighted by Crippen LogP contribution is -2.06. The number of esters is 1. The maximum absolute atomic E-state index is 12.6. The average molecular weight is 323 g/mol. The second-order valence-corrected chi connectivity index (χ2v) is 5.46. The number of hydrogen-bond donors (Lipinski definition) is 0. The molecule has 0 unspecified atom stereocenters. The molecule has 3 rings (SSSR count). The SMILES string of the molecule is C#[N+]COc1ccc2c(C(=O)OCCCC)c3ccccn3c2c1. The smallest absolute Gasteiger partial charge is 0.404 e. The highest BCUT2D eigenvalue weighted by Crippen LogP contribution is 2.30. The molecular formula is C19H19N2O3+. The Balaban J connectivity index is 2.09. The van der Waals surface area contributed by atoms with Crippen molar-refractivity contribution in [1.82, 2.24) is 4.40 Å². The van der Waals surface area contributed by atoms with Crippen molar-refractivity contribution in [2.24, 2.45) is 0 Å². The second kappa shape index (κ2) is 7.05. The predicted octanol–water partition coefficient (Wildman–Crippen LogP) is 4.35. The monoisotopic (exact) mass is 323 g/mol. The van der Waals surface area contributed by atoms with Gasteiger partial charge in [0.05, 0.1) is 23.2 Å². The van der Waals surface area contributed by atoms with E-state index in [0.29, 0.717) is 17.9 Å². The first-order valence-electron chi connectivity index (χ1n) is 7.95. The van der Waals surface area contributed by atoms with E-state index < -0.39 is 0 Å². The number of pyridine rings is 1. The number of aromatic nitrogens is 1. The molecule has 0 N–H and O–H groups in total. The van der Waals surface area contributed by atoms with Crippen molar-refractivity contribution in [3.8, 4) is 12.3 Å². The molecule has 0 aliphatic rings. The van der Waals surface area contributed by atoms with E-state index in [1.54, 1.807) is 6.07 Å². The van der Waals surface area contributed by atoms with Crippen molar-refractivity contribution in [3.63, 3.8) is 0 Å². The first-order valence-corrected chi connectivity index (χ1v) is 7.95. The van der Waals surface area contributed by atoms with Crippen LogP contribution in [0.4, 0.5) is 0 Å². The molecule has 5 heteroatoms. The lowest BCUT2D eigenvalue weighted by molar-refractivity contribution is 0.0504. The summed E-state index contributed by atoms with van der Waals surface area (Å²) >= 11 is 0. The first kappa shape index (κ1) is 15.9. The van der Waals surface area contributed by atoms with Crippen LogP contribution in [-0.2, 0) is 4.74 Å². The molecule has 0 spiro atoms. The zero-order valence-corrected chi connectivity index (χ0v) is 13.6. The number of nitrogens with zero attached hydrogens (tertiary/aromatic N) is 2. The summed E-state index contributed by atoms with van der Waals surface area (Å²) in [5.41, 5.74) is 2.27. The molecule has 3 aromatic rings. The highest BCUT2D eigenvalue weighted by atomic mass is 16.5. The van der Waals surface area contributed by atoms with Crippen LogP contribution in [0.1, 0.15) is 30.1 Å². The van der Waals surface area contributed by atoms with Crippen LogP contribution in [0, 0.1) is 6.57 Å². The molecule has 2 heterocycles. The number of fused-ring (bicyclic) bond motifs is 3.